The minimum Gasteiger partial charge on any atom is -0.550 e. The molecule has 0 fully saturated rings. The number of amides is 2. The number of unbranched alkanes of at least 4 members (excludes halogenated alkanes) is 1. The Balaban J connectivity index is 0.00000675. The smallest absolute Gasteiger partial charge is 0.260 e. The maximum Gasteiger partial charge on any atom is 0.260 e. The summed E-state index contributed by atoms with van der Waals surface area (Å²) in [5, 5.41) is 43.1. The SMILES string of the molecule is CC(C)=CCCC(C)=CCCC(C)=CCN1C(=O)c2cccc(O)c2N(C(=O)CCCCC(=O)[O-])c2c(O)cc(O)cc21.[NH4+]. The molecule has 0 radical (unpaired) electrons. The second-order valence-electron chi connectivity index (χ2n) is 11.2. The van der Waals surface area contributed by atoms with Gasteiger partial charge in [-0.1, -0.05) is 41.0 Å². The van der Waals surface area contributed by atoms with Gasteiger partial charge in [0.15, 0.2) is 0 Å². The molecule has 0 spiro atoms. The van der Waals surface area contributed by atoms with Gasteiger partial charge in [0, 0.05) is 31.1 Å². The third kappa shape index (κ3) is 9.21. The van der Waals surface area contributed by atoms with E-state index in [1.54, 1.807) is 0 Å². The highest BCUT2D eigenvalue weighted by Gasteiger charge is 2.37. The summed E-state index contributed by atoms with van der Waals surface area (Å²) in [4.78, 5) is 40.8. The zero-order valence-corrected chi connectivity index (χ0v) is 26.4. The average molecular weight is 608 g/mol. The summed E-state index contributed by atoms with van der Waals surface area (Å²) in [7, 11) is 0. The standard InChI is InChI=1S/C34H42N2O7.H3N/c1-22(2)10-7-11-23(3)12-8-13-24(4)18-19-35-27-20-25(37)21-29(39)33(27)36(30(40)16-5-6-17-31(41)42)32-26(34(35)43)14-9-15-28(32)38;/h9-10,12,14-15,18,20-21,37-39H,5-8,11,13,16-17,19H2,1-4H3,(H,41,42);1H3. The molecule has 10 heteroatoms. The maximum atomic E-state index is 13.9. The Hall–Kier alpha value is -4.57. The molecular weight excluding hydrogens is 562 g/mol. The van der Waals surface area contributed by atoms with Gasteiger partial charge in [0.25, 0.3) is 5.91 Å². The Morgan fingerprint density at radius 2 is 1.45 bits per heavy atom. The molecule has 44 heavy (non-hydrogen) atoms. The van der Waals surface area contributed by atoms with Gasteiger partial charge in [-0.05, 0) is 84.8 Å². The highest BCUT2D eigenvalue weighted by Crippen LogP contribution is 2.50. The van der Waals surface area contributed by atoms with Crippen LogP contribution < -0.4 is 21.1 Å². The number of phenolic OH excluding ortho intramolecular Hbond substituents is 3. The van der Waals surface area contributed by atoms with Gasteiger partial charge < -0.3 is 36.3 Å². The van der Waals surface area contributed by atoms with Crippen molar-refractivity contribution in [1.29, 1.82) is 0 Å². The fraction of sp³-hybridized carbons (Fsp3) is 0.382. The number of allylic oxidation sites excluding steroid dienone is 5. The lowest BCUT2D eigenvalue weighted by atomic mass is 10.1. The summed E-state index contributed by atoms with van der Waals surface area (Å²) >= 11 is 0. The van der Waals surface area contributed by atoms with Gasteiger partial charge in [0.1, 0.15) is 28.6 Å². The van der Waals surface area contributed by atoms with Crippen LogP contribution in [-0.4, -0.2) is 39.6 Å². The van der Waals surface area contributed by atoms with Gasteiger partial charge in [-0.2, -0.15) is 0 Å². The van der Waals surface area contributed by atoms with Gasteiger partial charge in [-0.3, -0.25) is 14.5 Å². The summed E-state index contributed by atoms with van der Waals surface area (Å²) in [6, 6.07) is 6.69. The van der Waals surface area contributed by atoms with E-state index in [0.29, 0.717) is 0 Å². The summed E-state index contributed by atoms with van der Waals surface area (Å²) in [6.45, 7) is 8.35. The zero-order chi connectivity index (χ0) is 31.7. The Morgan fingerprint density at radius 1 is 0.818 bits per heavy atom. The molecule has 7 N–H and O–H groups in total. The van der Waals surface area contributed by atoms with E-state index in [4.69, 9.17) is 0 Å². The normalized spacial score (nSPS) is 13.0. The molecule has 0 saturated carbocycles. The van der Waals surface area contributed by atoms with Crippen molar-refractivity contribution in [3.8, 4) is 17.2 Å². The van der Waals surface area contributed by atoms with Crippen LogP contribution in [0.4, 0.5) is 17.1 Å². The number of carbonyl (C=O) groups is 3. The van der Waals surface area contributed by atoms with Gasteiger partial charge in [0.05, 0.1) is 11.3 Å². The van der Waals surface area contributed by atoms with Gasteiger partial charge in [0.2, 0.25) is 5.91 Å². The number of hydrogen-bond donors (Lipinski definition) is 4. The zero-order valence-electron chi connectivity index (χ0n) is 26.4. The van der Waals surface area contributed by atoms with E-state index < -0.39 is 23.5 Å². The van der Waals surface area contributed by atoms with Crippen LogP contribution in [0, 0.1) is 0 Å². The summed E-state index contributed by atoms with van der Waals surface area (Å²) in [5.74, 6) is -3.41. The van der Waals surface area contributed by atoms with Crippen LogP contribution in [0.25, 0.3) is 0 Å². The number of rotatable bonds is 13. The number of anilines is 3. The van der Waals surface area contributed by atoms with Crippen LogP contribution in [-0.2, 0) is 9.59 Å². The second-order valence-corrected chi connectivity index (χ2v) is 11.2. The summed E-state index contributed by atoms with van der Waals surface area (Å²) in [5.41, 5.74) is 3.65. The number of phenols is 3. The topological polar surface area (TPSA) is 178 Å². The third-order valence-electron chi connectivity index (χ3n) is 7.30. The van der Waals surface area contributed by atoms with Crippen molar-refractivity contribution in [2.24, 2.45) is 0 Å². The number of hydrogen-bond acceptors (Lipinski definition) is 7. The Bertz CT molecular complexity index is 1460. The largest absolute Gasteiger partial charge is 0.550 e. The number of benzene rings is 2. The van der Waals surface area contributed by atoms with Crippen LogP contribution in [0.2, 0.25) is 0 Å². The van der Waals surface area contributed by atoms with Crippen molar-refractivity contribution < 1.29 is 34.8 Å². The van der Waals surface area contributed by atoms with Crippen molar-refractivity contribution in [2.45, 2.75) is 79.1 Å². The quantitative estimate of drug-likeness (QED) is 0.148. The first-order valence-corrected chi connectivity index (χ1v) is 14.6. The molecule has 0 aliphatic carbocycles. The van der Waals surface area contributed by atoms with E-state index in [0.717, 1.165) is 42.2 Å². The molecule has 1 heterocycles. The van der Waals surface area contributed by atoms with Crippen molar-refractivity contribution in [3.05, 3.63) is 70.8 Å². The van der Waals surface area contributed by atoms with Crippen LogP contribution >= 0.6 is 0 Å². The molecule has 0 aromatic heterocycles. The number of quaternary nitrogens is 1. The molecule has 3 rings (SSSR count). The molecule has 0 atom stereocenters. The van der Waals surface area contributed by atoms with Crippen LogP contribution in [0.5, 0.6) is 17.2 Å². The van der Waals surface area contributed by atoms with Crippen LogP contribution in [0.1, 0.15) is 89.4 Å². The predicted octanol–water partition coefficient (Wildman–Crippen LogP) is 6.53. The van der Waals surface area contributed by atoms with E-state index in [1.807, 2.05) is 13.0 Å². The van der Waals surface area contributed by atoms with E-state index >= 15 is 0 Å². The number of carbonyl (C=O) groups excluding carboxylic acids is 3. The molecule has 2 aromatic carbocycles. The maximum absolute atomic E-state index is 13.9. The average Bonchev–Trinajstić information content (AvgIpc) is 3.02. The molecular formula is C34H45N3O7. The fourth-order valence-corrected chi connectivity index (χ4v) is 5.00. The Labute approximate surface area is 259 Å². The minimum absolute atomic E-state index is 0. The predicted molar refractivity (Wildman–Crippen MR) is 172 cm³/mol. The lowest BCUT2D eigenvalue weighted by molar-refractivity contribution is -0.305. The summed E-state index contributed by atoms with van der Waals surface area (Å²) in [6.07, 6.45) is 10.0. The monoisotopic (exact) mass is 607 g/mol. The summed E-state index contributed by atoms with van der Waals surface area (Å²) < 4.78 is 0. The second kappa shape index (κ2) is 16.3. The van der Waals surface area contributed by atoms with Gasteiger partial charge in [-0.15, -0.1) is 0 Å². The highest BCUT2D eigenvalue weighted by atomic mass is 16.4. The van der Waals surface area contributed by atoms with Crippen LogP contribution in [0.3, 0.4) is 0 Å². The third-order valence-corrected chi connectivity index (χ3v) is 7.30. The van der Waals surface area contributed by atoms with E-state index in [9.17, 15) is 34.8 Å². The number of para-hydroxylation sites is 1. The molecule has 1 aliphatic rings. The molecule has 1 aliphatic heterocycles. The molecule has 2 aromatic rings. The van der Waals surface area contributed by atoms with Gasteiger partial charge >= 0.3 is 0 Å². The number of fused-ring (bicyclic) bond motifs is 2. The molecule has 10 nitrogen and oxygen atoms in total. The number of carboxylic acid groups (broad SMARTS) is 1. The number of nitrogens with zero attached hydrogens (tertiary/aromatic N) is 2. The van der Waals surface area contributed by atoms with Crippen molar-refractivity contribution >= 4 is 34.8 Å². The number of carboxylic acids is 1. The lowest BCUT2D eigenvalue weighted by Crippen LogP contribution is -2.30. The molecule has 2 amide bonds. The first-order valence-electron chi connectivity index (χ1n) is 14.6. The Morgan fingerprint density at radius 3 is 2.11 bits per heavy atom. The first-order chi connectivity index (χ1) is 20.4. The van der Waals surface area contributed by atoms with E-state index in [-0.39, 0.29) is 72.5 Å². The molecule has 238 valence electrons. The highest BCUT2D eigenvalue weighted by molar-refractivity contribution is 6.20. The molecule has 0 bridgehead atoms. The Kier molecular flexibility index (Phi) is 13.2. The fourth-order valence-electron chi connectivity index (χ4n) is 5.00. The molecule has 0 saturated heterocycles. The minimum atomic E-state index is -1.22. The van der Waals surface area contributed by atoms with Crippen molar-refractivity contribution in [3.63, 3.8) is 0 Å². The number of aromatic hydroxyl groups is 3. The first kappa shape index (κ1) is 35.6. The van der Waals surface area contributed by atoms with Crippen LogP contribution in [0.15, 0.2) is 65.3 Å². The van der Waals surface area contributed by atoms with Gasteiger partial charge in [-0.25, -0.2) is 0 Å². The van der Waals surface area contributed by atoms with E-state index in [2.05, 4.69) is 32.9 Å². The lowest BCUT2D eigenvalue weighted by Gasteiger charge is -2.27. The van der Waals surface area contributed by atoms with Crippen molar-refractivity contribution in [2.75, 3.05) is 16.3 Å². The molecule has 0 unspecified atom stereocenters. The van der Waals surface area contributed by atoms with E-state index in [1.165, 1.54) is 40.3 Å². The number of aliphatic carboxylic acids is 1. The van der Waals surface area contributed by atoms with Crippen molar-refractivity contribution in [1.82, 2.24) is 6.15 Å².